The quantitative estimate of drug-likeness (QED) is 0.691. The maximum atomic E-state index is 13.1. The normalized spacial score (nSPS) is 17.0. The third-order valence-corrected chi connectivity index (χ3v) is 5.35. The minimum absolute atomic E-state index is 0.108. The fourth-order valence-corrected chi connectivity index (χ4v) is 3.97. The van der Waals surface area contributed by atoms with Crippen molar-refractivity contribution in [3.8, 4) is 5.69 Å². The molecule has 0 atom stereocenters. The van der Waals surface area contributed by atoms with Gasteiger partial charge in [-0.2, -0.15) is 5.10 Å². The van der Waals surface area contributed by atoms with E-state index in [9.17, 15) is 9.59 Å². The molecular weight excluding hydrogens is 412 g/mol. The summed E-state index contributed by atoms with van der Waals surface area (Å²) in [6, 6.07) is 5.88. The van der Waals surface area contributed by atoms with Gasteiger partial charge in [-0.3, -0.25) is 0 Å². The number of hydrogen-bond donors (Lipinski definition) is 0. The predicted octanol–water partition coefficient (Wildman–Crippen LogP) is 3.08. The number of carbonyl (C=O) groups is 1. The Morgan fingerprint density at radius 1 is 1.26 bits per heavy atom. The van der Waals surface area contributed by atoms with Crippen LogP contribution in [0.3, 0.4) is 0 Å². The minimum atomic E-state index is -0.525. The second-order valence-electron chi connectivity index (χ2n) is 8.14. The molecule has 0 spiro atoms. The molecule has 1 aromatic heterocycles. The molecule has 0 N–H and O–H groups in total. The molecule has 27 heavy (non-hydrogen) atoms. The van der Waals surface area contributed by atoms with Crippen molar-refractivity contribution in [3.05, 3.63) is 44.5 Å². The Balaban J connectivity index is 1.59. The molecule has 3 heterocycles. The van der Waals surface area contributed by atoms with E-state index in [0.29, 0.717) is 13.1 Å². The molecule has 1 aromatic carbocycles. The zero-order valence-electron chi connectivity index (χ0n) is 15.7. The number of nitrogens with zero attached hydrogens (tertiary/aromatic N) is 4. The summed E-state index contributed by atoms with van der Waals surface area (Å²) in [5, 5.41) is 4.60. The topological polar surface area (TPSA) is 69.4 Å². The van der Waals surface area contributed by atoms with E-state index in [1.165, 1.54) is 4.68 Å². The molecule has 0 radical (unpaired) electrons. The first-order valence-electron chi connectivity index (χ1n) is 9.20. The first-order valence-corrected chi connectivity index (χ1v) is 9.99. The van der Waals surface area contributed by atoms with Crippen LogP contribution in [0.5, 0.6) is 0 Å². The zero-order chi connectivity index (χ0) is 19.3. The van der Waals surface area contributed by atoms with Crippen LogP contribution in [0, 0.1) is 0 Å². The fraction of sp³-hybridized carbons (Fsp3) is 0.526. The van der Waals surface area contributed by atoms with Crippen molar-refractivity contribution in [2.45, 2.75) is 51.7 Å². The molecule has 8 heteroatoms. The summed E-state index contributed by atoms with van der Waals surface area (Å²) >= 11 is 3.51. The van der Waals surface area contributed by atoms with E-state index in [-0.39, 0.29) is 17.8 Å². The van der Waals surface area contributed by atoms with Gasteiger partial charge in [0, 0.05) is 24.0 Å². The number of amides is 1. The molecule has 0 unspecified atom stereocenters. The number of aromatic nitrogens is 3. The third kappa shape index (κ3) is 3.42. The summed E-state index contributed by atoms with van der Waals surface area (Å²) in [5.74, 6) is 0.789. The summed E-state index contributed by atoms with van der Waals surface area (Å²) in [6.07, 6.45) is 2.29. The van der Waals surface area contributed by atoms with Gasteiger partial charge in [0.25, 0.3) is 0 Å². The highest BCUT2D eigenvalue weighted by Gasteiger charge is 2.37. The molecule has 0 saturated carbocycles. The fourth-order valence-electron chi connectivity index (χ4n) is 3.56. The van der Waals surface area contributed by atoms with Gasteiger partial charge in [0.1, 0.15) is 11.4 Å². The summed E-state index contributed by atoms with van der Waals surface area (Å²) in [7, 11) is 0. The highest BCUT2D eigenvalue weighted by molar-refractivity contribution is 9.10. The summed E-state index contributed by atoms with van der Waals surface area (Å²) in [5.41, 5.74) is 1.39. The standard InChI is InChI=1S/C19H23BrN4O3/c1-19(2,3)27-18(26)22-10-14(11-22)24-17(25)23-15-8-7-13(20)9-12(15)5-4-6-16(23)21-24/h7-9,14H,4-6,10-11H2,1-3H3. The number of hydrogen-bond acceptors (Lipinski definition) is 4. The molecular formula is C19H23BrN4O3. The number of fused-ring (bicyclic) bond motifs is 3. The van der Waals surface area contributed by atoms with Crippen molar-refractivity contribution in [2.75, 3.05) is 13.1 Å². The molecule has 1 fully saturated rings. The van der Waals surface area contributed by atoms with Crippen molar-refractivity contribution in [1.82, 2.24) is 19.2 Å². The van der Waals surface area contributed by atoms with Gasteiger partial charge in [-0.15, -0.1) is 0 Å². The van der Waals surface area contributed by atoms with Gasteiger partial charge in [0.05, 0.1) is 11.7 Å². The van der Waals surface area contributed by atoms with Crippen molar-refractivity contribution in [3.63, 3.8) is 0 Å². The van der Waals surface area contributed by atoms with Crippen LogP contribution in [0.4, 0.5) is 4.79 Å². The van der Waals surface area contributed by atoms with Crippen molar-refractivity contribution in [1.29, 1.82) is 0 Å². The van der Waals surface area contributed by atoms with E-state index in [0.717, 1.165) is 40.8 Å². The Morgan fingerprint density at radius 2 is 2.00 bits per heavy atom. The number of halogens is 1. The average Bonchev–Trinajstić information content (AvgIpc) is 2.71. The van der Waals surface area contributed by atoms with Crippen LogP contribution in [0.1, 0.15) is 44.6 Å². The number of aryl methyl sites for hydroxylation is 2. The van der Waals surface area contributed by atoms with E-state index in [1.807, 2.05) is 32.9 Å². The molecule has 1 saturated heterocycles. The molecule has 0 bridgehead atoms. The molecule has 144 valence electrons. The second-order valence-corrected chi connectivity index (χ2v) is 9.06. The number of likely N-dealkylation sites (tertiary alicyclic amines) is 1. The number of ether oxygens (including phenoxy) is 1. The molecule has 2 aliphatic heterocycles. The van der Waals surface area contributed by atoms with Crippen LogP contribution in [-0.2, 0) is 17.6 Å². The van der Waals surface area contributed by atoms with Gasteiger partial charge in [0.2, 0.25) is 0 Å². The van der Waals surface area contributed by atoms with Crippen molar-refractivity contribution < 1.29 is 9.53 Å². The zero-order valence-corrected chi connectivity index (χ0v) is 17.3. The van der Waals surface area contributed by atoms with Crippen LogP contribution in [-0.4, -0.2) is 44.0 Å². The van der Waals surface area contributed by atoms with Gasteiger partial charge in [0.15, 0.2) is 0 Å². The van der Waals surface area contributed by atoms with Gasteiger partial charge in [-0.25, -0.2) is 18.8 Å². The molecule has 2 aromatic rings. The van der Waals surface area contributed by atoms with Crippen molar-refractivity contribution >= 4 is 22.0 Å². The van der Waals surface area contributed by atoms with Gasteiger partial charge < -0.3 is 9.64 Å². The lowest BCUT2D eigenvalue weighted by Gasteiger charge is -2.39. The Kier molecular flexibility index (Phi) is 4.41. The number of carbonyl (C=O) groups excluding carboxylic acids is 1. The Labute approximate surface area is 166 Å². The number of rotatable bonds is 1. The predicted molar refractivity (Wildman–Crippen MR) is 104 cm³/mol. The lowest BCUT2D eigenvalue weighted by Crippen LogP contribution is -2.54. The van der Waals surface area contributed by atoms with Gasteiger partial charge in [-0.1, -0.05) is 15.9 Å². The van der Waals surface area contributed by atoms with Crippen LogP contribution in [0.15, 0.2) is 27.5 Å². The largest absolute Gasteiger partial charge is 0.444 e. The maximum Gasteiger partial charge on any atom is 0.410 e. The third-order valence-electron chi connectivity index (χ3n) is 4.86. The molecule has 7 nitrogen and oxygen atoms in total. The van der Waals surface area contributed by atoms with E-state index in [4.69, 9.17) is 4.74 Å². The van der Waals surface area contributed by atoms with Crippen LogP contribution in [0.2, 0.25) is 0 Å². The minimum Gasteiger partial charge on any atom is -0.444 e. The molecule has 0 aliphatic carbocycles. The van der Waals surface area contributed by atoms with E-state index in [2.05, 4.69) is 27.1 Å². The Bertz CT molecular complexity index is 951. The van der Waals surface area contributed by atoms with Crippen molar-refractivity contribution in [2.24, 2.45) is 0 Å². The molecule has 1 amide bonds. The van der Waals surface area contributed by atoms with Crippen LogP contribution in [0.25, 0.3) is 5.69 Å². The highest BCUT2D eigenvalue weighted by atomic mass is 79.9. The van der Waals surface area contributed by atoms with Gasteiger partial charge >= 0.3 is 11.8 Å². The lowest BCUT2D eigenvalue weighted by molar-refractivity contribution is -0.000934. The van der Waals surface area contributed by atoms with E-state index >= 15 is 0 Å². The second kappa shape index (κ2) is 6.51. The highest BCUT2D eigenvalue weighted by Crippen LogP contribution is 2.27. The SMILES string of the molecule is CC(C)(C)OC(=O)N1CC(n2nc3n(c2=O)-c2ccc(Br)cc2CCC3)C1. The van der Waals surface area contributed by atoms with Gasteiger partial charge in [-0.05, 0) is 57.4 Å². The first-order chi connectivity index (χ1) is 12.7. The molecule has 2 aliphatic rings. The van der Waals surface area contributed by atoms with E-state index in [1.54, 1.807) is 9.47 Å². The lowest BCUT2D eigenvalue weighted by atomic mass is 10.1. The average molecular weight is 435 g/mol. The number of benzene rings is 1. The summed E-state index contributed by atoms with van der Waals surface area (Å²) < 4.78 is 9.65. The molecule has 4 rings (SSSR count). The first kappa shape index (κ1) is 18.3. The summed E-state index contributed by atoms with van der Waals surface area (Å²) in [4.78, 5) is 26.8. The Hall–Kier alpha value is -2.09. The summed E-state index contributed by atoms with van der Waals surface area (Å²) in [6.45, 7) is 6.41. The van der Waals surface area contributed by atoms with Crippen LogP contribution >= 0.6 is 15.9 Å². The van der Waals surface area contributed by atoms with E-state index < -0.39 is 5.60 Å². The monoisotopic (exact) mass is 434 g/mol. The van der Waals surface area contributed by atoms with Crippen LogP contribution < -0.4 is 5.69 Å². The maximum absolute atomic E-state index is 13.1. The smallest absolute Gasteiger partial charge is 0.410 e. The Morgan fingerprint density at radius 3 is 2.70 bits per heavy atom.